The molecule has 0 bridgehead atoms. The van der Waals surface area contributed by atoms with Crippen molar-refractivity contribution in [1.82, 2.24) is 5.32 Å². The van der Waals surface area contributed by atoms with E-state index in [0.717, 1.165) is 24.9 Å². The Bertz CT molecular complexity index is 522. The summed E-state index contributed by atoms with van der Waals surface area (Å²) < 4.78 is 12.8. The van der Waals surface area contributed by atoms with Crippen molar-refractivity contribution in [3.8, 4) is 5.75 Å². The number of hydrogen-bond acceptors (Lipinski definition) is 2. The minimum absolute atomic E-state index is 0.197. The zero-order chi connectivity index (χ0) is 14.4. The fraction of sp³-hybridized carbons (Fsp3) is 0.294. The van der Waals surface area contributed by atoms with Crippen LogP contribution in [0.25, 0.3) is 0 Å². The molecule has 0 aromatic heterocycles. The molecule has 2 N–H and O–H groups in total. The highest BCUT2D eigenvalue weighted by atomic mass is 19.1. The fourth-order valence-corrected chi connectivity index (χ4v) is 2.25. The van der Waals surface area contributed by atoms with Crippen LogP contribution in [0, 0.1) is 5.82 Å². The van der Waals surface area contributed by atoms with Crippen LogP contribution in [-0.4, -0.2) is 11.7 Å². The molecule has 106 valence electrons. The van der Waals surface area contributed by atoms with Crippen molar-refractivity contribution in [3.05, 3.63) is 65.5 Å². The molecule has 0 spiro atoms. The summed E-state index contributed by atoms with van der Waals surface area (Å²) in [6, 6.07) is 14.2. The fourth-order valence-electron chi connectivity index (χ4n) is 2.25. The molecule has 0 aliphatic heterocycles. The van der Waals surface area contributed by atoms with Crippen LogP contribution in [0.15, 0.2) is 48.5 Å². The van der Waals surface area contributed by atoms with Crippen LogP contribution in [0.4, 0.5) is 4.39 Å². The van der Waals surface area contributed by atoms with Gasteiger partial charge in [-0.05, 0) is 54.8 Å². The van der Waals surface area contributed by atoms with Crippen LogP contribution in [-0.2, 0) is 6.42 Å². The maximum absolute atomic E-state index is 12.8. The number of phenols is 1. The molecule has 0 aliphatic rings. The maximum atomic E-state index is 12.8. The number of rotatable bonds is 6. The molecule has 2 aromatic carbocycles. The molecule has 0 amide bonds. The van der Waals surface area contributed by atoms with Crippen molar-refractivity contribution in [3.63, 3.8) is 0 Å². The largest absolute Gasteiger partial charge is 0.508 e. The van der Waals surface area contributed by atoms with E-state index in [2.05, 4.69) is 12.2 Å². The molecule has 0 radical (unpaired) electrons. The Morgan fingerprint density at radius 1 is 1.05 bits per heavy atom. The molecular weight excluding hydrogens is 253 g/mol. The first-order valence-corrected chi connectivity index (χ1v) is 6.96. The third kappa shape index (κ3) is 4.07. The molecule has 2 aromatic rings. The topological polar surface area (TPSA) is 32.3 Å². The van der Waals surface area contributed by atoms with Crippen molar-refractivity contribution in [1.29, 1.82) is 0 Å². The summed E-state index contributed by atoms with van der Waals surface area (Å²) in [5, 5.41) is 12.8. The van der Waals surface area contributed by atoms with E-state index in [4.69, 9.17) is 0 Å². The Labute approximate surface area is 119 Å². The Kier molecular flexibility index (Phi) is 5.13. The first-order chi connectivity index (χ1) is 9.69. The zero-order valence-electron chi connectivity index (χ0n) is 11.6. The summed E-state index contributed by atoms with van der Waals surface area (Å²) in [5.74, 6) is 0.0900. The summed E-state index contributed by atoms with van der Waals surface area (Å²) in [4.78, 5) is 0. The van der Waals surface area contributed by atoms with E-state index in [9.17, 15) is 9.50 Å². The molecule has 0 fully saturated rings. The van der Waals surface area contributed by atoms with Crippen LogP contribution in [0.2, 0.25) is 0 Å². The first-order valence-electron chi connectivity index (χ1n) is 6.96. The van der Waals surface area contributed by atoms with E-state index in [-0.39, 0.29) is 17.6 Å². The van der Waals surface area contributed by atoms with Gasteiger partial charge in [-0.25, -0.2) is 4.39 Å². The SMILES string of the molecule is CCC(NCCc1ccc(F)cc1)c1ccc(O)cc1. The highest BCUT2D eigenvalue weighted by molar-refractivity contribution is 5.28. The lowest BCUT2D eigenvalue weighted by Gasteiger charge is -2.17. The summed E-state index contributed by atoms with van der Waals surface area (Å²) in [6.07, 6.45) is 1.85. The minimum Gasteiger partial charge on any atom is -0.508 e. The number of nitrogens with one attached hydrogen (secondary N) is 1. The van der Waals surface area contributed by atoms with Gasteiger partial charge < -0.3 is 10.4 Å². The molecule has 2 rings (SSSR count). The zero-order valence-corrected chi connectivity index (χ0v) is 11.6. The van der Waals surface area contributed by atoms with E-state index < -0.39 is 0 Å². The van der Waals surface area contributed by atoms with Gasteiger partial charge in [-0.15, -0.1) is 0 Å². The Morgan fingerprint density at radius 2 is 1.70 bits per heavy atom. The Morgan fingerprint density at radius 3 is 2.30 bits per heavy atom. The molecule has 0 saturated carbocycles. The Hall–Kier alpha value is -1.87. The van der Waals surface area contributed by atoms with Gasteiger partial charge in [-0.3, -0.25) is 0 Å². The van der Waals surface area contributed by atoms with Crippen molar-refractivity contribution in [2.45, 2.75) is 25.8 Å². The number of benzene rings is 2. The predicted molar refractivity (Wildman–Crippen MR) is 79.2 cm³/mol. The number of halogens is 1. The monoisotopic (exact) mass is 273 g/mol. The lowest BCUT2D eigenvalue weighted by Crippen LogP contribution is -2.23. The van der Waals surface area contributed by atoms with Crippen LogP contribution in [0.3, 0.4) is 0 Å². The normalized spacial score (nSPS) is 12.3. The van der Waals surface area contributed by atoms with Gasteiger partial charge in [0.1, 0.15) is 11.6 Å². The van der Waals surface area contributed by atoms with Crippen molar-refractivity contribution in [2.24, 2.45) is 0 Å². The summed E-state index contributed by atoms with van der Waals surface area (Å²) in [6.45, 7) is 2.97. The number of phenolic OH excluding ortho intramolecular Hbond substituents is 1. The van der Waals surface area contributed by atoms with Crippen molar-refractivity contribution in [2.75, 3.05) is 6.54 Å². The van der Waals surface area contributed by atoms with Gasteiger partial charge in [0.05, 0.1) is 0 Å². The van der Waals surface area contributed by atoms with Crippen molar-refractivity contribution < 1.29 is 9.50 Å². The highest BCUT2D eigenvalue weighted by Crippen LogP contribution is 2.19. The van der Waals surface area contributed by atoms with Crippen LogP contribution < -0.4 is 5.32 Å². The van der Waals surface area contributed by atoms with Gasteiger partial charge in [0.25, 0.3) is 0 Å². The van der Waals surface area contributed by atoms with E-state index in [1.165, 1.54) is 17.7 Å². The summed E-state index contributed by atoms with van der Waals surface area (Å²) in [7, 11) is 0. The number of hydrogen-bond donors (Lipinski definition) is 2. The first kappa shape index (κ1) is 14.5. The second kappa shape index (κ2) is 7.06. The van der Waals surface area contributed by atoms with Gasteiger partial charge in [0.15, 0.2) is 0 Å². The van der Waals surface area contributed by atoms with E-state index in [1.54, 1.807) is 12.1 Å². The second-order valence-electron chi connectivity index (χ2n) is 4.88. The molecule has 2 nitrogen and oxygen atoms in total. The van der Waals surface area contributed by atoms with Crippen LogP contribution in [0.5, 0.6) is 5.75 Å². The highest BCUT2D eigenvalue weighted by Gasteiger charge is 2.08. The smallest absolute Gasteiger partial charge is 0.123 e. The van der Waals surface area contributed by atoms with Gasteiger partial charge in [-0.1, -0.05) is 31.2 Å². The average Bonchev–Trinajstić information content (AvgIpc) is 2.47. The Balaban J connectivity index is 1.87. The minimum atomic E-state index is -0.197. The molecule has 1 atom stereocenters. The summed E-state index contributed by atoms with van der Waals surface area (Å²) >= 11 is 0. The summed E-state index contributed by atoms with van der Waals surface area (Å²) in [5.41, 5.74) is 2.30. The standard InChI is InChI=1S/C17H20FNO/c1-2-17(14-5-9-16(20)10-6-14)19-12-11-13-3-7-15(18)8-4-13/h3-10,17,19-20H,2,11-12H2,1H3. The third-order valence-electron chi connectivity index (χ3n) is 3.42. The molecular formula is C17H20FNO. The predicted octanol–water partition coefficient (Wildman–Crippen LogP) is 3.81. The lowest BCUT2D eigenvalue weighted by atomic mass is 10.0. The molecule has 1 unspecified atom stereocenters. The lowest BCUT2D eigenvalue weighted by molar-refractivity contribution is 0.473. The van der Waals surface area contributed by atoms with E-state index in [0.29, 0.717) is 0 Å². The molecule has 20 heavy (non-hydrogen) atoms. The molecule has 0 saturated heterocycles. The second-order valence-corrected chi connectivity index (χ2v) is 4.88. The quantitative estimate of drug-likeness (QED) is 0.838. The van der Waals surface area contributed by atoms with Gasteiger partial charge in [-0.2, -0.15) is 0 Å². The number of aromatic hydroxyl groups is 1. The third-order valence-corrected chi connectivity index (χ3v) is 3.42. The molecule has 3 heteroatoms. The molecule has 0 aliphatic carbocycles. The maximum Gasteiger partial charge on any atom is 0.123 e. The van der Waals surface area contributed by atoms with Crippen LogP contribution >= 0.6 is 0 Å². The van der Waals surface area contributed by atoms with Gasteiger partial charge in [0, 0.05) is 6.04 Å². The average molecular weight is 273 g/mol. The van der Waals surface area contributed by atoms with Gasteiger partial charge in [0.2, 0.25) is 0 Å². The molecule has 0 heterocycles. The van der Waals surface area contributed by atoms with Crippen LogP contribution in [0.1, 0.15) is 30.5 Å². The van der Waals surface area contributed by atoms with E-state index in [1.807, 2.05) is 24.3 Å². The van der Waals surface area contributed by atoms with E-state index >= 15 is 0 Å². The van der Waals surface area contributed by atoms with Gasteiger partial charge >= 0.3 is 0 Å². The van der Waals surface area contributed by atoms with Crippen molar-refractivity contribution >= 4 is 0 Å².